The zero-order chi connectivity index (χ0) is 7.40. The molecule has 0 bridgehead atoms. The summed E-state index contributed by atoms with van der Waals surface area (Å²) in [5, 5.41) is 0. The third-order valence-corrected chi connectivity index (χ3v) is 1.35. The van der Waals surface area contributed by atoms with Crippen LogP contribution in [0.2, 0.25) is 0 Å². The molecule has 0 aliphatic carbocycles. The van der Waals surface area contributed by atoms with E-state index in [1.54, 1.807) is 0 Å². The second-order valence-electron chi connectivity index (χ2n) is 2.30. The summed E-state index contributed by atoms with van der Waals surface area (Å²) in [6.45, 7) is 5.63. The van der Waals surface area contributed by atoms with Crippen LogP contribution in [0.25, 0.3) is 0 Å². The maximum atomic E-state index is 4.15. The molecule has 0 unspecified atom stereocenters. The molecule has 0 saturated heterocycles. The molecule has 1 nitrogen and oxygen atoms in total. The molecule has 10 heavy (non-hydrogen) atoms. The molecule has 0 atom stereocenters. The van der Waals surface area contributed by atoms with Gasteiger partial charge in [-0.25, -0.2) is 0 Å². The monoisotopic (exact) mass is 133 g/mol. The smallest absolute Gasteiger partial charge is 0.0372 e. The molecule has 1 heterocycles. The van der Waals surface area contributed by atoms with Gasteiger partial charge < -0.3 is 0 Å². The zero-order valence-corrected chi connectivity index (χ0v) is 6.17. The molecule has 0 spiro atoms. The summed E-state index contributed by atoms with van der Waals surface area (Å²) in [6, 6.07) is 4.09. The minimum atomic E-state index is 0.910. The van der Waals surface area contributed by atoms with Crippen LogP contribution in [0, 0.1) is 6.92 Å². The lowest BCUT2D eigenvalue weighted by atomic mass is 10.2. The lowest BCUT2D eigenvalue weighted by Gasteiger charge is -1.94. The number of allylic oxidation sites excluding steroid dienone is 1. The molecule has 1 rings (SSSR count). The number of hydrogen-bond donors (Lipinski definition) is 0. The average Bonchev–Trinajstić information content (AvgIpc) is 1.95. The molecule has 1 aromatic heterocycles. The molecular formula is C9H11N. The summed E-state index contributed by atoms with van der Waals surface area (Å²) in [7, 11) is 0. The van der Waals surface area contributed by atoms with Crippen molar-refractivity contribution in [1.82, 2.24) is 4.98 Å². The highest BCUT2D eigenvalue weighted by Crippen LogP contribution is 1.99. The second-order valence-corrected chi connectivity index (χ2v) is 2.30. The summed E-state index contributed by atoms with van der Waals surface area (Å²) in [5.41, 5.74) is 2.29. The lowest BCUT2D eigenvalue weighted by molar-refractivity contribution is 1.13. The van der Waals surface area contributed by atoms with Gasteiger partial charge in [0.2, 0.25) is 0 Å². The molecule has 0 aliphatic rings. The number of nitrogens with zero attached hydrogens (tertiary/aromatic N) is 1. The predicted molar refractivity (Wildman–Crippen MR) is 42.9 cm³/mol. The Morgan fingerprint density at radius 3 is 2.90 bits per heavy atom. The van der Waals surface area contributed by atoms with Crippen molar-refractivity contribution in [2.24, 2.45) is 0 Å². The van der Waals surface area contributed by atoms with Gasteiger partial charge in [0.25, 0.3) is 0 Å². The Morgan fingerprint density at radius 2 is 2.40 bits per heavy atom. The van der Waals surface area contributed by atoms with Crippen LogP contribution in [-0.4, -0.2) is 4.98 Å². The van der Waals surface area contributed by atoms with Gasteiger partial charge in [-0.05, 0) is 25.0 Å². The minimum Gasteiger partial charge on any atom is -0.261 e. The van der Waals surface area contributed by atoms with Crippen molar-refractivity contribution in [2.45, 2.75) is 13.3 Å². The first-order valence-corrected chi connectivity index (χ1v) is 3.35. The minimum absolute atomic E-state index is 0.910. The van der Waals surface area contributed by atoms with Crippen molar-refractivity contribution in [3.05, 3.63) is 42.2 Å². The Bertz CT molecular complexity index is 211. The average molecular weight is 133 g/mol. The van der Waals surface area contributed by atoms with Crippen LogP contribution < -0.4 is 0 Å². The fraction of sp³-hybridized carbons (Fsp3) is 0.222. The third kappa shape index (κ3) is 1.69. The van der Waals surface area contributed by atoms with E-state index >= 15 is 0 Å². The van der Waals surface area contributed by atoms with Crippen LogP contribution in [0.1, 0.15) is 11.3 Å². The molecule has 0 saturated carbocycles. The summed E-state index contributed by atoms with van der Waals surface area (Å²) in [5.74, 6) is 0. The van der Waals surface area contributed by atoms with E-state index in [1.807, 2.05) is 25.3 Å². The first-order chi connectivity index (χ1) is 4.83. The Hall–Kier alpha value is -1.11. The highest BCUT2D eigenvalue weighted by atomic mass is 14.6. The van der Waals surface area contributed by atoms with Crippen molar-refractivity contribution in [2.75, 3.05) is 0 Å². The molecule has 1 heteroatoms. The molecular weight excluding hydrogens is 122 g/mol. The van der Waals surface area contributed by atoms with Gasteiger partial charge in [-0.1, -0.05) is 12.1 Å². The molecule has 1 aromatic rings. The van der Waals surface area contributed by atoms with E-state index in [1.165, 1.54) is 5.56 Å². The number of pyridine rings is 1. The number of hydrogen-bond acceptors (Lipinski definition) is 1. The first-order valence-electron chi connectivity index (χ1n) is 3.35. The summed E-state index contributed by atoms with van der Waals surface area (Å²) in [4.78, 5) is 4.15. The van der Waals surface area contributed by atoms with E-state index in [0.717, 1.165) is 12.1 Å². The molecule has 0 aromatic carbocycles. The third-order valence-electron chi connectivity index (χ3n) is 1.35. The Kier molecular flexibility index (Phi) is 2.21. The standard InChI is InChI=1S/C9H11N/c1-3-4-9-6-5-8(2)10-7-9/h3,5-7H,1,4H2,2H3. The van der Waals surface area contributed by atoms with Gasteiger partial charge in [0, 0.05) is 11.9 Å². The van der Waals surface area contributed by atoms with Crippen molar-refractivity contribution in [1.29, 1.82) is 0 Å². The van der Waals surface area contributed by atoms with E-state index < -0.39 is 0 Å². The van der Waals surface area contributed by atoms with Crippen LogP contribution in [0.5, 0.6) is 0 Å². The second kappa shape index (κ2) is 3.16. The van der Waals surface area contributed by atoms with Crippen molar-refractivity contribution >= 4 is 0 Å². The molecule has 0 fully saturated rings. The van der Waals surface area contributed by atoms with E-state index in [-0.39, 0.29) is 0 Å². The van der Waals surface area contributed by atoms with Crippen LogP contribution >= 0.6 is 0 Å². The fourth-order valence-corrected chi connectivity index (χ4v) is 0.786. The highest BCUT2D eigenvalue weighted by Gasteiger charge is 1.87. The van der Waals surface area contributed by atoms with Crippen LogP contribution in [-0.2, 0) is 6.42 Å². The van der Waals surface area contributed by atoms with Gasteiger partial charge >= 0.3 is 0 Å². The number of rotatable bonds is 2. The predicted octanol–water partition coefficient (Wildman–Crippen LogP) is 2.12. The molecule has 52 valence electrons. The maximum absolute atomic E-state index is 4.15. The van der Waals surface area contributed by atoms with Gasteiger partial charge in [-0.2, -0.15) is 0 Å². The van der Waals surface area contributed by atoms with Crippen molar-refractivity contribution < 1.29 is 0 Å². The molecule has 0 amide bonds. The first kappa shape index (κ1) is 7.00. The topological polar surface area (TPSA) is 12.9 Å². The van der Waals surface area contributed by atoms with E-state index in [0.29, 0.717) is 0 Å². The zero-order valence-electron chi connectivity index (χ0n) is 6.17. The van der Waals surface area contributed by atoms with Crippen LogP contribution in [0.4, 0.5) is 0 Å². The normalized spacial score (nSPS) is 9.30. The van der Waals surface area contributed by atoms with Crippen molar-refractivity contribution in [3.8, 4) is 0 Å². The van der Waals surface area contributed by atoms with E-state index in [4.69, 9.17) is 0 Å². The molecule has 0 N–H and O–H groups in total. The van der Waals surface area contributed by atoms with E-state index in [2.05, 4.69) is 17.6 Å². The fourth-order valence-electron chi connectivity index (χ4n) is 0.786. The summed E-state index contributed by atoms with van der Waals surface area (Å²) in [6.07, 6.45) is 4.68. The molecule has 0 aliphatic heterocycles. The van der Waals surface area contributed by atoms with Gasteiger partial charge in [0.15, 0.2) is 0 Å². The SMILES string of the molecule is C=CCc1ccc(C)nc1. The number of aromatic nitrogens is 1. The Balaban J connectivity index is 2.78. The maximum Gasteiger partial charge on any atom is 0.0372 e. The van der Waals surface area contributed by atoms with Gasteiger partial charge in [-0.15, -0.1) is 6.58 Å². The van der Waals surface area contributed by atoms with E-state index in [9.17, 15) is 0 Å². The van der Waals surface area contributed by atoms with Gasteiger partial charge in [0.05, 0.1) is 0 Å². The Labute approximate surface area is 61.4 Å². The highest BCUT2D eigenvalue weighted by molar-refractivity contribution is 5.15. The summed E-state index contributed by atoms with van der Waals surface area (Å²) >= 11 is 0. The summed E-state index contributed by atoms with van der Waals surface area (Å²) < 4.78 is 0. The van der Waals surface area contributed by atoms with Gasteiger partial charge in [0.1, 0.15) is 0 Å². The van der Waals surface area contributed by atoms with Crippen molar-refractivity contribution in [3.63, 3.8) is 0 Å². The quantitative estimate of drug-likeness (QED) is 0.563. The Morgan fingerprint density at radius 1 is 1.60 bits per heavy atom. The van der Waals surface area contributed by atoms with Crippen LogP contribution in [0.3, 0.4) is 0 Å². The lowest BCUT2D eigenvalue weighted by Crippen LogP contribution is -1.84. The number of aryl methyl sites for hydroxylation is 1. The largest absolute Gasteiger partial charge is 0.261 e. The molecule has 0 radical (unpaired) electrons. The van der Waals surface area contributed by atoms with Crippen LogP contribution in [0.15, 0.2) is 31.0 Å². The van der Waals surface area contributed by atoms with Gasteiger partial charge in [-0.3, -0.25) is 4.98 Å².